The third kappa shape index (κ3) is 8.80. The molecule has 0 unspecified atom stereocenters. The minimum atomic E-state index is -4.38. The van der Waals surface area contributed by atoms with Crippen LogP contribution in [0.25, 0.3) is 10.9 Å². The zero-order chi connectivity index (χ0) is 29.2. The first kappa shape index (κ1) is 30.6. The van der Waals surface area contributed by atoms with E-state index in [0.717, 1.165) is 54.7 Å². The summed E-state index contributed by atoms with van der Waals surface area (Å²) in [6, 6.07) is 13.3. The van der Waals surface area contributed by atoms with Gasteiger partial charge in [0.15, 0.2) is 0 Å². The van der Waals surface area contributed by atoms with Crippen molar-refractivity contribution in [1.29, 1.82) is 0 Å². The van der Waals surface area contributed by atoms with E-state index < -0.39 is 12.7 Å². The molecule has 0 aliphatic carbocycles. The number of likely N-dealkylation sites (N-methyl/N-ethyl adjacent to an activating group) is 1. The maximum Gasteiger partial charge on any atom is 0.406 e. The van der Waals surface area contributed by atoms with Crippen molar-refractivity contribution in [2.45, 2.75) is 38.0 Å². The molecule has 0 bridgehead atoms. The van der Waals surface area contributed by atoms with Gasteiger partial charge in [0.2, 0.25) is 0 Å². The van der Waals surface area contributed by atoms with Crippen molar-refractivity contribution >= 4 is 22.3 Å². The van der Waals surface area contributed by atoms with E-state index in [0.29, 0.717) is 36.8 Å². The Kier molecular flexibility index (Phi) is 10.8. The van der Waals surface area contributed by atoms with Crippen LogP contribution in [0.3, 0.4) is 0 Å². The zero-order valence-electron chi connectivity index (χ0n) is 23.9. The van der Waals surface area contributed by atoms with Crippen LogP contribution in [0.5, 0.6) is 5.75 Å². The van der Waals surface area contributed by atoms with Crippen LogP contribution in [0.15, 0.2) is 42.5 Å². The van der Waals surface area contributed by atoms with Crippen LogP contribution in [0.1, 0.15) is 24.1 Å². The molecule has 0 amide bonds. The third-order valence-corrected chi connectivity index (χ3v) is 7.17. The van der Waals surface area contributed by atoms with E-state index in [2.05, 4.69) is 34.4 Å². The minimum absolute atomic E-state index is 0.219. The van der Waals surface area contributed by atoms with E-state index in [4.69, 9.17) is 14.2 Å². The highest BCUT2D eigenvalue weighted by Crippen LogP contribution is 2.31. The highest BCUT2D eigenvalue weighted by molar-refractivity contribution is 5.94. The maximum absolute atomic E-state index is 13.5. The van der Waals surface area contributed by atoms with Crippen LogP contribution in [0.4, 0.5) is 24.5 Å². The van der Waals surface area contributed by atoms with Crippen LogP contribution in [-0.4, -0.2) is 82.4 Å². The van der Waals surface area contributed by atoms with Gasteiger partial charge in [-0.2, -0.15) is 13.2 Å². The predicted molar refractivity (Wildman–Crippen MR) is 157 cm³/mol. The van der Waals surface area contributed by atoms with Gasteiger partial charge in [0.05, 0.1) is 37.2 Å². The van der Waals surface area contributed by atoms with Gasteiger partial charge in [-0.3, -0.25) is 0 Å². The molecule has 7 nitrogen and oxygen atoms in total. The Balaban J connectivity index is 1.48. The molecular formula is C31H39F3N4O3. The van der Waals surface area contributed by atoms with Crippen LogP contribution in [0.2, 0.25) is 0 Å². The molecule has 0 spiro atoms. The standard InChI is InChI=1S/C31H39F3N4O3/c1-37(16-19-39-2)15-11-23-9-10-28(30(20-23)40-3)35-14-5-6-25-21-26-27(36-24-12-17-41-18-13-24)7-4-8-29(26)38(25)22-31(32,33)34/h4,7-10,20-21,24,35-36H,11-19,22H2,1-3H3. The summed E-state index contributed by atoms with van der Waals surface area (Å²) in [6.45, 7) is 2.93. The second-order valence-electron chi connectivity index (χ2n) is 10.2. The topological polar surface area (TPSA) is 59.9 Å². The number of nitrogens with zero attached hydrogens (tertiary/aromatic N) is 2. The molecule has 1 saturated heterocycles. The molecule has 2 heterocycles. The van der Waals surface area contributed by atoms with Crippen molar-refractivity contribution in [3.8, 4) is 17.6 Å². The van der Waals surface area contributed by atoms with Gasteiger partial charge in [-0.25, -0.2) is 0 Å². The molecule has 10 heteroatoms. The van der Waals surface area contributed by atoms with Crippen LogP contribution >= 0.6 is 0 Å². The SMILES string of the molecule is COCCN(C)CCc1ccc(NCC#Cc2cc3c(NC4CCOCC4)cccc3n2CC(F)(F)F)c(OC)c1. The van der Waals surface area contributed by atoms with E-state index in [-0.39, 0.29) is 12.6 Å². The number of alkyl halides is 3. The lowest BCUT2D eigenvalue weighted by Crippen LogP contribution is -2.27. The molecule has 3 aromatic rings. The number of hydrogen-bond donors (Lipinski definition) is 2. The lowest BCUT2D eigenvalue weighted by atomic mass is 10.1. The zero-order valence-corrected chi connectivity index (χ0v) is 23.9. The smallest absolute Gasteiger partial charge is 0.406 e. The summed E-state index contributed by atoms with van der Waals surface area (Å²) >= 11 is 0. The van der Waals surface area contributed by atoms with Gasteiger partial charge in [0.25, 0.3) is 0 Å². The molecule has 0 radical (unpaired) electrons. The van der Waals surface area contributed by atoms with Crippen molar-refractivity contribution in [1.82, 2.24) is 9.47 Å². The summed E-state index contributed by atoms with van der Waals surface area (Å²) in [4.78, 5) is 2.21. The van der Waals surface area contributed by atoms with Gasteiger partial charge >= 0.3 is 6.18 Å². The fourth-order valence-corrected chi connectivity index (χ4v) is 4.92. The Morgan fingerprint density at radius 3 is 2.61 bits per heavy atom. The lowest BCUT2D eigenvalue weighted by Gasteiger charge is -2.24. The second kappa shape index (κ2) is 14.5. The quantitative estimate of drug-likeness (QED) is 0.284. The molecule has 0 atom stereocenters. The van der Waals surface area contributed by atoms with Gasteiger partial charge in [0, 0.05) is 50.5 Å². The minimum Gasteiger partial charge on any atom is -0.495 e. The maximum atomic E-state index is 13.5. The number of methoxy groups -OCH3 is 2. The Hall–Kier alpha value is -3.39. The Morgan fingerprint density at radius 1 is 1.07 bits per heavy atom. The first-order valence-corrected chi connectivity index (χ1v) is 13.9. The lowest BCUT2D eigenvalue weighted by molar-refractivity contribution is -0.140. The average Bonchev–Trinajstić information content (AvgIpc) is 3.30. The van der Waals surface area contributed by atoms with Gasteiger partial charge in [-0.15, -0.1) is 0 Å². The number of aromatic nitrogens is 1. The van der Waals surface area contributed by atoms with Crippen LogP contribution in [-0.2, 0) is 22.4 Å². The van der Waals surface area contributed by atoms with Crippen molar-refractivity contribution < 1.29 is 27.4 Å². The molecule has 1 aromatic heterocycles. The number of benzene rings is 2. The predicted octanol–water partition coefficient (Wildman–Crippen LogP) is 5.39. The molecule has 1 aliphatic rings. The normalized spacial score (nSPS) is 14.2. The third-order valence-electron chi connectivity index (χ3n) is 7.17. The molecule has 1 fully saturated rings. The molecule has 1 aliphatic heterocycles. The summed E-state index contributed by atoms with van der Waals surface area (Å²) in [5.41, 5.74) is 3.55. The number of nitrogens with one attached hydrogen (secondary N) is 2. The molecule has 2 aromatic carbocycles. The van der Waals surface area contributed by atoms with Gasteiger partial charge in [0.1, 0.15) is 12.3 Å². The van der Waals surface area contributed by atoms with E-state index in [1.165, 1.54) is 4.57 Å². The molecule has 4 rings (SSSR count). The summed E-state index contributed by atoms with van der Waals surface area (Å²) in [6.07, 6.45) is -1.80. The Labute approximate surface area is 239 Å². The fourth-order valence-electron chi connectivity index (χ4n) is 4.92. The van der Waals surface area contributed by atoms with E-state index >= 15 is 0 Å². The van der Waals surface area contributed by atoms with Crippen LogP contribution < -0.4 is 15.4 Å². The highest BCUT2D eigenvalue weighted by Gasteiger charge is 2.30. The average molecular weight is 573 g/mol. The van der Waals surface area contributed by atoms with Crippen molar-refractivity contribution in [2.24, 2.45) is 0 Å². The number of anilines is 2. The summed E-state index contributed by atoms with van der Waals surface area (Å²) in [7, 11) is 5.37. The van der Waals surface area contributed by atoms with Gasteiger partial charge < -0.3 is 34.3 Å². The van der Waals surface area contributed by atoms with Crippen LogP contribution in [0, 0.1) is 11.8 Å². The molecular weight excluding hydrogens is 533 g/mol. The summed E-state index contributed by atoms with van der Waals surface area (Å²) in [5, 5.41) is 7.47. The van der Waals surface area contributed by atoms with E-state index in [1.807, 2.05) is 24.3 Å². The summed E-state index contributed by atoms with van der Waals surface area (Å²) in [5.74, 6) is 6.67. The van der Waals surface area contributed by atoms with Crippen molar-refractivity contribution in [3.63, 3.8) is 0 Å². The second-order valence-corrected chi connectivity index (χ2v) is 10.2. The number of hydrogen-bond acceptors (Lipinski definition) is 6. The van der Waals surface area contributed by atoms with Gasteiger partial charge in [-0.05, 0) is 68.1 Å². The van der Waals surface area contributed by atoms with Crippen molar-refractivity contribution in [3.05, 3.63) is 53.7 Å². The largest absolute Gasteiger partial charge is 0.495 e. The summed E-state index contributed by atoms with van der Waals surface area (Å²) < 4.78 is 58.0. The van der Waals surface area contributed by atoms with Gasteiger partial charge in [-0.1, -0.05) is 18.1 Å². The first-order chi connectivity index (χ1) is 19.8. The van der Waals surface area contributed by atoms with E-state index in [9.17, 15) is 13.2 Å². The first-order valence-electron chi connectivity index (χ1n) is 13.9. The molecule has 2 N–H and O–H groups in total. The fraction of sp³-hybridized carbons (Fsp3) is 0.484. The molecule has 41 heavy (non-hydrogen) atoms. The highest BCUT2D eigenvalue weighted by atomic mass is 19.4. The monoisotopic (exact) mass is 572 g/mol. The molecule has 0 saturated carbocycles. The Bertz CT molecular complexity index is 1340. The Morgan fingerprint density at radius 2 is 1.88 bits per heavy atom. The number of halogens is 3. The molecule has 222 valence electrons. The number of ether oxygens (including phenoxy) is 3. The van der Waals surface area contributed by atoms with Crippen molar-refractivity contribution in [2.75, 3.05) is 71.4 Å². The number of fused-ring (bicyclic) bond motifs is 1. The van der Waals surface area contributed by atoms with E-state index in [1.54, 1.807) is 32.4 Å². The number of rotatable bonds is 12.